The molecule has 2 amide bonds. The average molecular weight is 338 g/mol. The van der Waals surface area contributed by atoms with Gasteiger partial charge in [-0.1, -0.05) is 24.3 Å². The van der Waals surface area contributed by atoms with E-state index in [0.29, 0.717) is 24.7 Å². The lowest BCUT2D eigenvalue weighted by Crippen LogP contribution is -2.30. The van der Waals surface area contributed by atoms with Crippen LogP contribution in [-0.2, 0) is 6.42 Å². The van der Waals surface area contributed by atoms with Gasteiger partial charge in [0.25, 0.3) is 0 Å². The van der Waals surface area contributed by atoms with Gasteiger partial charge in [-0.05, 0) is 30.3 Å². The quantitative estimate of drug-likeness (QED) is 0.721. The maximum Gasteiger partial charge on any atom is 0.319 e. The number of para-hydroxylation sites is 1. The molecule has 0 radical (unpaired) electrons. The smallest absolute Gasteiger partial charge is 0.319 e. The Bertz CT molecular complexity index is 833. The molecule has 1 heterocycles. The highest BCUT2D eigenvalue weighted by Gasteiger charge is 2.10. The van der Waals surface area contributed by atoms with Crippen LogP contribution in [0.3, 0.4) is 0 Å². The van der Waals surface area contributed by atoms with Gasteiger partial charge < -0.3 is 19.8 Å². The van der Waals surface area contributed by atoms with Crippen LogP contribution in [0, 0.1) is 0 Å². The summed E-state index contributed by atoms with van der Waals surface area (Å²) in [4.78, 5) is 11.8. The number of amides is 2. The van der Waals surface area contributed by atoms with Crippen molar-refractivity contribution in [3.8, 4) is 17.2 Å². The van der Waals surface area contributed by atoms with Crippen molar-refractivity contribution in [1.29, 1.82) is 0 Å². The lowest BCUT2D eigenvalue weighted by Gasteiger charge is -2.06. The minimum atomic E-state index is -0.279. The van der Waals surface area contributed by atoms with E-state index >= 15 is 0 Å². The molecular weight excluding hydrogens is 320 g/mol. The molecule has 128 valence electrons. The number of ether oxygens (including phenoxy) is 1. The highest BCUT2D eigenvalue weighted by molar-refractivity contribution is 5.89. The van der Waals surface area contributed by atoms with Crippen molar-refractivity contribution in [2.75, 3.05) is 19.0 Å². The highest BCUT2D eigenvalue weighted by atomic mass is 16.5. The number of carbonyl (C=O) groups is 1. The molecule has 0 bridgehead atoms. The molecule has 0 atom stereocenters. The summed E-state index contributed by atoms with van der Waals surface area (Å²) >= 11 is 0. The summed E-state index contributed by atoms with van der Waals surface area (Å²) in [6.45, 7) is 0.387. The zero-order valence-electron chi connectivity index (χ0n) is 13.7. The van der Waals surface area contributed by atoms with Crippen molar-refractivity contribution in [3.63, 3.8) is 0 Å². The Kier molecular flexibility index (Phi) is 5.26. The van der Waals surface area contributed by atoms with Gasteiger partial charge in [0, 0.05) is 24.2 Å². The van der Waals surface area contributed by atoms with Crippen LogP contribution in [0.1, 0.15) is 5.89 Å². The molecule has 0 aliphatic carbocycles. The van der Waals surface area contributed by atoms with Crippen LogP contribution in [0.4, 0.5) is 10.5 Å². The van der Waals surface area contributed by atoms with Crippen LogP contribution in [0.5, 0.6) is 5.75 Å². The predicted molar refractivity (Wildman–Crippen MR) is 93.5 cm³/mol. The number of anilines is 1. The van der Waals surface area contributed by atoms with E-state index in [0.717, 1.165) is 17.0 Å². The Balaban J connectivity index is 1.51. The van der Waals surface area contributed by atoms with Crippen LogP contribution in [0.25, 0.3) is 11.5 Å². The van der Waals surface area contributed by atoms with E-state index in [1.807, 2.05) is 54.6 Å². The predicted octanol–water partition coefficient (Wildman–Crippen LogP) is 3.11. The number of rotatable bonds is 6. The first-order chi connectivity index (χ1) is 12.2. The van der Waals surface area contributed by atoms with Gasteiger partial charge in [-0.2, -0.15) is 0 Å². The SMILES string of the molecule is COc1cccc(-c2nnc(CCNC(=O)Nc3ccccc3)o2)c1. The molecule has 0 aliphatic rings. The number of urea groups is 1. The summed E-state index contributed by atoms with van der Waals surface area (Å²) in [7, 11) is 1.60. The monoisotopic (exact) mass is 338 g/mol. The number of carbonyl (C=O) groups excluding carboxylic acids is 1. The number of benzene rings is 2. The second-order valence-electron chi connectivity index (χ2n) is 5.23. The van der Waals surface area contributed by atoms with Crippen molar-refractivity contribution in [1.82, 2.24) is 15.5 Å². The Hall–Kier alpha value is -3.35. The van der Waals surface area contributed by atoms with Gasteiger partial charge in [0.05, 0.1) is 7.11 Å². The summed E-state index contributed by atoms with van der Waals surface area (Å²) in [6.07, 6.45) is 0.444. The first-order valence-electron chi connectivity index (χ1n) is 7.81. The van der Waals surface area contributed by atoms with Crippen LogP contribution in [0.2, 0.25) is 0 Å². The molecule has 2 N–H and O–H groups in total. The molecule has 0 saturated heterocycles. The van der Waals surface area contributed by atoms with E-state index in [9.17, 15) is 4.79 Å². The van der Waals surface area contributed by atoms with Gasteiger partial charge in [0.2, 0.25) is 11.8 Å². The van der Waals surface area contributed by atoms with Gasteiger partial charge in [-0.25, -0.2) is 4.79 Å². The lowest BCUT2D eigenvalue weighted by molar-refractivity contribution is 0.252. The highest BCUT2D eigenvalue weighted by Crippen LogP contribution is 2.22. The summed E-state index contributed by atoms with van der Waals surface area (Å²) < 4.78 is 10.8. The third-order valence-corrected chi connectivity index (χ3v) is 3.44. The zero-order chi connectivity index (χ0) is 17.5. The lowest BCUT2D eigenvalue weighted by atomic mass is 10.2. The van der Waals surface area contributed by atoms with Gasteiger partial charge in [0.1, 0.15) is 5.75 Å². The van der Waals surface area contributed by atoms with Crippen molar-refractivity contribution < 1.29 is 13.9 Å². The second-order valence-corrected chi connectivity index (χ2v) is 5.23. The third-order valence-electron chi connectivity index (χ3n) is 3.44. The Morgan fingerprint density at radius 2 is 1.96 bits per heavy atom. The molecular formula is C18H18N4O3. The van der Waals surface area contributed by atoms with E-state index in [4.69, 9.17) is 9.15 Å². The molecule has 3 aromatic rings. The Morgan fingerprint density at radius 1 is 1.12 bits per heavy atom. The average Bonchev–Trinajstić information content (AvgIpc) is 3.11. The van der Waals surface area contributed by atoms with Crippen molar-refractivity contribution in [2.24, 2.45) is 0 Å². The summed E-state index contributed by atoms with van der Waals surface area (Å²) in [5.41, 5.74) is 1.52. The molecule has 7 nitrogen and oxygen atoms in total. The third kappa shape index (κ3) is 4.57. The van der Waals surface area contributed by atoms with Crippen molar-refractivity contribution in [3.05, 3.63) is 60.5 Å². The molecule has 0 spiro atoms. The summed E-state index contributed by atoms with van der Waals surface area (Å²) in [5.74, 6) is 1.59. The molecule has 0 aliphatic heterocycles. The maximum atomic E-state index is 11.8. The summed E-state index contributed by atoms with van der Waals surface area (Å²) in [6, 6.07) is 16.3. The van der Waals surface area contributed by atoms with E-state index in [-0.39, 0.29) is 6.03 Å². The van der Waals surface area contributed by atoms with Crippen LogP contribution < -0.4 is 15.4 Å². The number of aromatic nitrogens is 2. The minimum absolute atomic E-state index is 0.279. The molecule has 0 saturated carbocycles. The molecule has 3 rings (SSSR count). The number of nitrogens with zero attached hydrogens (tertiary/aromatic N) is 2. The fraction of sp³-hybridized carbons (Fsp3) is 0.167. The van der Waals surface area contributed by atoms with Gasteiger partial charge in [0.15, 0.2) is 0 Å². The molecule has 2 aromatic carbocycles. The first-order valence-corrected chi connectivity index (χ1v) is 7.81. The minimum Gasteiger partial charge on any atom is -0.497 e. The fourth-order valence-corrected chi connectivity index (χ4v) is 2.21. The first kappa shape index (κ1) is 16.5. The number of nitrogens with one attached hydrogen (secondary N) is 2. The fourth-order valence-electron chi connectivity index (χ4n) is 2.21. The zero-order valence-corrected chi connectivity index (χ0v) is 13.7. The number of hydrogen-bond donors (Lipinski definition) is 2. The van der Waals surface area contributed by atoms with E-state index in [1.54, 1.807) is 7.11 Å². The van der Waals surface area contributed by atoms with Crippen molar-refractivity contribution in [2.45, 2.75) is 6.42 Å². The van der Waals surface area contributed by atoms with E-state index < -0.39 is 0 Å². The molecule has 7 heteroatoms. The molecule has 0 unspecified atom stereocenters. The molecule has 0 fully saturated rings. The van der Waals surface area contributed by atoms with Crippen LogP contribution >= 0.6 is 0 Å². The second kappa shape index (κ2) is 7.96. The van der Waals surface area contributed by atoms with Gasteiger partial charge in [-0.3, -0.25) is 0 Å². The molecule has 1 aromatic heterocycles. The van der Waals surface area contributed by atoms with Crippen molar-refractivity contribution >= 4 is 11.7 Å². The maximum absolute atomic E-state index is 11.8. The topological polar surface area (TPSA) is 89.3 Å². The molecule has 25 heavy (non-hydrogen) atoms. The standard InChI is InChI=1S/C18H18N4O3/c1-24-15-9-5-6-13(12-15)17-22-21-16(25-17)10-11-19-18(23)20-14-7-3-2-4-8-14/h2-9,12H,10-11H2,1H3,(H2,19,20,23). The Labute approximate surface area is 145 Å². The number of methoxy groups -OCH3 is 1. The van der Waals surface area contributed by atoms with Crippen LogP contribution in [0.15, 0.2) is 59.0 Å². The van der Waals surface area contributed by atoms with Gasteiger partial charge >= 0.3 is 6.03 Å². The normalized spacial score (nSPS) is 10.3. The largest absolute Gasteiger partial charge is 0.497 e. The number of hydrogen-bond acceptors (Lipinski definition) is 5. The Morgan fingerprint density at radius 3 is 2.76 bits per heavy atom. The van der Waals surface area contributed by atoms with E-state index in [2.05, 4.69) is 20.8 Å². The van der Waals surface area contributed by atoms with Gasteiger partial charge in [-0.15, -0.1) is 10.2 Å². The van der Waals surface area contributed by atoms with Crippen LogP contribution in [-0.4, -0.2) is 29.9 Å². The van der Waals surface area contributed by atoms with E-state index in [1.165, 1.54) is 0 Å². The summed E-state index contributed by atoms with van der Waals surface area (Å²) in [5, 5.41) is 13.5.